The lowest BCUT2D eigenvalue weighted by Gasteiger charge is -2.34. The van der Waals surface area contributed by atoms with Crippen molar-refractivity contribution in [2.24, 2.45) is 4.36 Å². The number of halogens is 2. The van der Waals surface area contributed by atoms with Crippen LogP contribution in [-0.2, 0) is 46.0 Å². The summed E-state index contributed by atoms with van der Waals surface area (Å²) in [6.45, 7) is 5.54. The van der Waals surface area contributed by atoms with Gasteiger partial charge in [-0.25, -0.2) is 32.0 Å². The number of hydrogen-bond acceptors (Lipinski definition) is 7. The molecule has 0 bridgehead atoms. The highest BCUT2D eigenvalue weighted by molar-refractivity contribution is 7.92. The number of rotatable bonds is 9. The Morgan fingerprint density at radius 3 is 2.12 bits per heavy atom. The fourth-order valence-electron chi connectivity index (χ4n) is 8.55. The van der Waals surface area contributed by atoms with Crippen molar-refractivity contribution < 1.29 is 32.1 Å². The highest BCUT2D eigenvalue weighted by Crippen LogP contribution is 2.47. The molecule has 0 saturated heterocycles. The molecule has 0 radical (unpaired) electrons. The van der Waals surface area contributed by atoms with Crippen molar-refractivity contribution in [3.05, 3.63) is 142 Å². The molecule has 2 N–H and O–H groups in total. The van der Waals surface area contributed by atoms with Gasteiger partial charge >= 0.3 is 12.1 Å². The van der Waals surface area contributed by atoms with Crippen molar-refractivity contribution in [1.82, 2.24) is 19.4 Å². The second-order valence-electron chi connectivity index (χ2n) is 16.3. The van der Waals surface area contributed by atoms with Gasteiger partial charge in [0.05, 0.1) is 18.8 Å². The van der Waals surface area contributed by atoms with Gasteiger partial charge in [0.15, 0.2) is 9.92 Å². The van der Waals surface area contributed by atoms with Crippen molar-refractivity contribution in [3.63, 3.8) is 0 Å². The molecule has 8 rings (SSSR count). The molecule has 1 aromatic heterocycles. The molecular formula is C45H48F2N6O5S. The van der Waals surface area contributed by atoms with Gasteiger partial charge in [-0.15, -0.1) is 0 Å². The summed E-state index contributed by atoms with van der Waals surface area (Å²) in [5, 5.41) is 7.51. The maximum atomic E-state index is 16.3. The lowest BCUT2D eigenvalue weighted by Crippen LogP contribution is -2.48. The van der Waals surface area contributed by atoms with Crippen LogP contribution in [0.4, 0.5) is 24.1 Å². The van der Waals surface area contributed by atoms with Gasteiger partial charge < -0.3 is 19.7 Å². The number of aryl methyl sites for hydroxylation is 2. The van der Waals surface area contributed by atoms with E-state index >= 15 is 4.21 Å². The van der Waals surface area contributed by atoms with E-state index in [2.05, 4.69) is 15.1 Å². The molecule has 3 amide bonds. The highest BCUT2D eigenvalue weighted by Gasteiger charge is 2.42. The summed E-state index contributed by atoms with van der Waals surface area (Å²) in [6.07, 6.45) is 1.21. The van der Waals surface area contributed by atoms with E-state index in [0.29, 0.717) is 40.8 Å². The zero-order valence-electron chi connectivity index (χ0n) is 33.5. The predicted octanol–water partition coefficient (Wildman–Crippen LogP) is 8.85. The van der Waals surface area contributed by atoms with Crippen LogP contribution < -0.4 is 14.8 Å². The maximum Gasteiger partial charge on any atom is 0.410 e. The van der Waals surface area contributed by atoms with Gasteiger partial charge in [0.2, 0.25) is 12.3 Å². The molecule has 14 heteroatoms. The van der Waals surface area contributed by atoms with E-state index in [1.54, 1.807) is 27.8 Å². The Labute approximate surface area is 343 Å². The largest absolute Gasteiger partial charge is 0.475 e. The Balaban J connectivity index is 1.29. The van der Waals surface area contributed by atoms with Crippen LogP contribution in [0.5, 0.6) is 5.88 Å². The summed E-state index contributed by atoms with van der Waals surface area (Å²) in [7, 11) is -2.51. The minimum Gasteiger partial charge on any atom is -0.475 e. The average Bonchev–Trinajstić information content (AvgIpc) is 3.99. The topological polar surface area (TPSA) is 127 Å². The number of nitrogens with one attached hydrogen (secondary N) is 2. The van der Waals surface area contributed by atoms with E-state index in [-0.39, 0.29) is 30.3 Å². The van der Waals surface area contributed by atoms with Gasteiger partial charge in [-0.2, -0.15) is 9.46 Å². The Hall–Kier alpha value is -5.76. The fraction of sp³-hybridized carbons (Fsp3) is 0.356. The maximum absolute atomic E-state index is 16.3. The van der Waals surface area contributed by atoms with Crippen molar-refractivity contribution in [1.29, 1.82) is 0 Å². The summed E-state index contributed by atoms with van der Waals surface area (Å²) in [5.41, 5.74) is 3.30. The number of fused-ring (bicyclic) bond motifs is 3. The van der Waals surface area contributed by atoms with E-state index in [9.17, 15) is 18.4 Å². The van der Waals surface area contributed by atoms with E-state index in [1.165, 1.54) is 15.8 Å². The number of carbonyl (C=O) groups is 2. The van der Waals surface area contributed by atoms with Gasteiger partial charge in [-0.1, -0.05) is 97.1 Å². The third-order valence-electron chi connectivity index (χ3n) is 11.3. The number of nitrogens with zero attached hydrogens (tertiary/aromatic N) is 4. The molecule has 308 valence electrons. The standard InChI is InChI=1S/C45H48F2N6O5S/c1-44(2,3)58-43(55)52(4)34-27-53-41(57-28-34)37(26-48-53)59(56,50-42(54)49-39-35-22-14-15-29(35)25-30-23-24-36(38(30)39)40(46)47)51-45(31-16-8-5-9-17-31,32-18-10-6-11-19-32)33-20-12-7-13-21-33/h5-13,16-21,25-26,34,36,40H,14-15,22-24,27-28H2,1-4H3,(H2,49,50,51,54,56)/t34-,36+,59+/m0/s1. The van der Waals surface area contributed by atoms with Gasteiger partial charge in [0.25, 0.3) is 0 Å². The van der Waals surface area contributed by atoms with Crippen molar-refractivity contribution in [2.75, 3.05) is 19.0 Å². The Bertz CT molecular complexity index is 2390. The SMILES string of the molecule is CN(C(=O)OC(C)(C)C)[C@@H]1COc2c([S@](=O)(=NC(c3ccccc3)(c3ccccc3)c3ccccc3)NC(=O)Nc3c4c(cc5c3[C@H](C(F)F)CC5)CCC4)cnn2C1. The summed E-state index contributed by atoms with van der Waals surface area (Å²) in [5.74, 6) is -0.930. The van der Waals surface area contributed by atoms with E-state index in [0.717, 1.165) is 29.5 Å². The molecule has 5 aromatic rings. The molecule has 2 aliphatic carbocycles. The summed E-state index contributed by atoms with van der Waals surface area (Å²) >= 11 is 0. The van der Waals surface area contributed by atoms with E-state index in [4.69, 9.17) is 13.8 Å². The molecule has 59 heavy (non-hydrogen) atoms. The van der Waals surface area contributed by atoms with Gasteiger partial charge in [-0.05, 0) is 91.8 Å². The van der Waals surface area contributed by atoms with Gasteiger partial charge in [0.1, 0.15) is 22.6 Å². The molecule has 0 spiro atoms. The molecule has 3 atom stereocenters. The summed E-state index contributed by atoms with van der Waals surface area (Å²) in [4.78, 5) is 29.1. The number of carbonyl (C=O) groups excluding carboxylic acids is 2. The number of likely N-dealkylation sites (N-methyl/N-ethyl adjacent to an activating group) is 1. The lowest BCUT2D eigenvalue weighted by molar-refractivity contribution is 0.0101. The van der Waals surface area contributed by atoms with Crippen molar-refractivity contribution in [2.45, 2.75) is 93.8 Å². The van der Waals surface area contributed by atoms with E-state index in [1.807, 2.05) is 97.1 Å². The summed E-state index contributed by atoms with van der Waals surface area (Å²) in [6, 6.07) is 28.9. The molecule has 0 fully saturated rings. The first-order valence-electron chi connectivity index (χ1n) is 19.9. The zero-order valence-corrected chi connectivity index (χ0v) is 34.3. The quantitative estimate of drug-likeness (QED) is 0.143. The molecule has 4 aromatic carbocycles. The first kappa shape index (κ1) is 40.0. The van der Waals surface area contributed by atoms with Crippen LogP contribution in [0, 0.1) is 0 Å². The Kier molecular flexibility index (Phi) is 10.7. The number of aromatic nitrogens is 2. The van der Waals surface area contributed by atoms with Crippen molar-refractivity contribution >= 4 is 27.7 Å². The number of amides is 3. The highest BCUT2D eigenvalue weighted by atomic mass is 32.2. The normalized spacial score (nSPS) is 18.2. The third kappa shape index (κ3) is 7.66. The van der Waals surface area contributed by atoms with Crippen molar-refractivity contribution in [3.8, 4) is 5.88 Å². The number of anilines is 1. The number of ether oxygens (including phenoxy) is 2. The number of benzene rings is 4. The van der Waals surface area contributed by atoms with Crippen LogP contribution in [0.3, 0.4) is 0 Å². The second kappa shape index (κ2) is 15.8. The predicted molar refractivity (Wildman–Crippen MR) is 221 cm³/mol. The molecule has 0 unspecified atom stereocenters. The zero-order chi connectivity index (χ0) is 41.5. The van der Waals surface area contributed by atoms with Crippen LogP contribution in [-0.4, -0.2) is 62.7 Å². The lowest BCUT2D eigenvalue weighted by atomic mass is 9.78. The molecular weight excluding hydrogens is 775 g/mol. The van der Waals surface area contributed by atoms with Crippen LogP contribution in [0.2, 0.25) is 0 Å². The molecule has 0 saturated carbocycles. The fourth-order valence-corrected chi connectivity index (χ4v) is 10.4. The smallest absolute Gasteiger partial charge is 0.410 e. The first-order chi connectivity index (χ1) is 28.3. The number of urea groups is 1. The minimum absolute atomic E-state index is 0.00664. The second-order valence-corrected chi connectivity index (χ2v) is 18.2. The Morgan fingerprint density at radius 1 is 0.932 bits per heavy atom. The van der Waals surface area contributed by atoms with Gasteiger partial charge in [-0.3, -0.25) is 0 Å². The number of hydrogen-bond donors (Lipinski definition) is 2. The van der Waals surface area contributed by atoms with E-state index < -0.39 is 51.6 Å². The average molecular weight is 823 g/mol. The van der Waals surface area contributed by atoms with Gasteiger partial charge in [0, 0.05) is 18.7 Å². The molecule has 1 aliphatic heterocycles. The molecule has 2 heterocycles. The monoisotopic (exact) mass is 822 g/mol. The summed E-state index contributed by atoms with van der Waals surface area (Å²) < 4.78 is 66.8. The van der Waals surface area contributed by atoms with Crippen LogP contribution in [0.1, 0.15) is 78.5 Å². The molecule has 3 aliphatic rings. The number of alkyl halides is 2. The Morgan fingerprint density at radius 2 is 1.54 bits per heavy atom. The van der Waals surface area contributed by atoms with Crippen LogP contribution in [0.15, 0.2) is 113 Å². The first-order valence-corrected chi connectivity index (χ1v) is 21.4. The van der Waals surface area contributed by atoms with Crippen LogP contribution in [0.25, 0.3) is 0 Å². The molecule has 11 nitrogen and oxygen atoms in total. The van der Waals surface area contributed by atoms with Crippen LogP contribution >= 0.6 is 0 Å². The minimum atomic E-state index is -4.12. The third-order valence-corrected chi connectivity index (χ3v) is 13.2.